The van der Waals surface area contributed by atoms with E-state index in [2.05, 4.69) is 9.79 Å². The molecule has 0 radical (unpaired) electrons. The number of benzene rings is 1. The molecule has 0 aliphatic carbocycles. The van der Waals surface area contributed by atoms with Crippen molar-refractivity contribution in [3.63, 3.8) is 0 Å². The maximum atomic E-state index is 12.7. The van der Waals surface area contributed by atoms with Gasteiger partial charge in [0.1, 0.15) is 6.61 Å². The Morgan fingerprint density at radius 3 is 2.65 bits per heavy atom. The summed E-state index contributed by atoms with van der Waals surface area (Å²) in [6.07, 6.45) is 0.943. The Hall–Kier alpha value is -2.66. The van der Waals surface area contributed by atoms with Crippen LogP contribution in [-0.4, -0.2) is 31.3 Å². The molecule has 26 heavy (non-hydrogen) atoms. The van der Waals surface area contributed by atoms with Gasteiger partial charge in [-0.15, -0.1) is 0 Å². The van der Waals surface area contributed by atoms with Gasteiger partial charge in [0.2, 0.25) is 0 Å². The van der Waals surface area contributed by atoms with Crippen LogP contribution in [0.2, 0.25) is 0 Å². The van der Waals surface area contributed by atoms with Crippen LogP contribution in [0.3, 0.4) is 0 Å². The molecule has 0 saturated carbocycles. The monoisotopic (exact) mass is 385 g/mol. The highest BCUT2D eigenvalue weighted by molar-refractivity contribution is 7.91. The highest BCUT2D eigenvalue weighted by atomic mass is 32.2. The van der Waals surface area contributed by atoms with E-state index in [1.165, 1.54) is 31.2 Å². The molecular weight excluding hydrogens is 366 g/mol. The Kier molecular flexibility index (Phi) is 5.83. The van der Waals surface area contributed by atoms with E-state index in [4.69, 9.17) is 9.94 Å². The maximum absolute atomic E-state index is 12.7. The first kappa shape index (κ1) is 19.7. The Morgan fingerprint density at radius 2 is 2.08 bits per heavy atom. The summed E-state index contributed by atoms with van der Waals surface area (Å²) in [6.45, 7) is 3.03. The van der Waals surface area contributed by atoms with Crippen molar-refractivity contribution in [2.24, 2.45) is 5.41 Å². The van der Waals surface area contributed by atoms with Crippen molar-refractivity contribution in [2.75, 3.05) is 6.61 Å². The predicted octanol–water partition coefficient (Wildman–Crippen LogP) is 0.831. The maximum Gasteiger partial charge on any atom is 0.415 e. The molecule has 0 bridgehead atoms. The fraction of sp³-hybridized carbons (Fsp3) is 0.400. The molecule has 11 heteroatoms. The third kappa shape index (κ3) is 3.78. The van der Waals surface area contributed by atoms with Crippen molar-refractivity contribution >= 4 is 15.7 Å². The van der Waals surface area contributed by atoms with Crippen LogP contribution in [-0.2, 0) is 14.6 Å². The highest BCUT2D eigenvalue weighted by Gasteiger charge is 2.39. The Bertz CT molecular complexity index is 867. The first-order valence-corrected chi connectivity index (χ1v) is 9.22. The zero-order chi connectivity index (χ0) is 19.4. The van der Waals surface area contributed by atoms with Crippen molar-refractivity contribution in [1.82, 2.24) is 10.6 Å². The zero-order valence-corrected chi connectivity index (χ0v) is 15.0. The number of carbonyl (C=O) groups is 1. The summed E-state index contributed by atoms with van der Waals surface area (Å²) in [7, 11) is -4.24. The van der Waals surface area contributed by atoms with Crippen LogP contribution in [0.5, 0.6) is 5.88 Å². The van der Waals surface area contributed by atoms with Crippen LogP contribution < -0.4 is 15.1 Å². The minimum atomic E-state index is -4.24. The largest absolute Gasteiger partial charge is 0.453 e. The van der Waals surface area contributed by atoms with Gasteiger partial charge in [0.25, 0.3) is 15.7 Å². The van der Waals surface area contributed by atoms with Gasteiger partial charge < -0.3 is 9.94 Å². The first-order chi connectivity index (χ1) is 12.3. The average molecular weight is 385 g/mol. The van der Waals surface area contributed by atoms with Crippen molar-refractivity contribution in [3.05, 3.63) is 35.5 Å². The summed E-state index contributed by atoms with van der Waals surface area (Å²) in [4.78, 5) is 11.5. The lowest BCUT2D eigenvalue weighted by Gasteiger charge is -2.25. The molecule has 2 rings (SSSR count). The molecule has 0 fully saturated rings. The summed E-state index contributed by atoms with van der Waals surface area (Å²) in [5.74, 6) is -1.26. The topological polar surface area (TPSA) is 146 Å². The number of aromatic nitrogens is 2. The fourth-order valence-electron chi connectivity index (χ4n) is 2.41. The van der Waals surface area contributed by atoms with Gasteiger partial charge in [-0.05, 0) is 30.4 Å². The molecule has 0 spiro atoms. The van der Waals surface area contributed by atoms with Crippen LogP contribution in [0.15, 0.2) is 44.9 Å². The molecule has 142 valence electrons. The van der Waals surface area contributed by atoms with Gasteiger partial charge in [-0.2, -0.15) is 0 Å². The van der Waals surface area contributed by atoms with Gasteiger partial charge in [-0.3, -0.25) is 14.6 Å². The van der Waals surface area contributed by atoms with E-state index in [1.807, 2.05) is 6.92 Å². The molecule has 1 heterocycles. The third-order valence-corrected chi connectivity index (χ3v) is 5.56. The molecule has 1 aromatic heterocycles. The van der Waals surface area contributed by atoms with Crippen LogP contribution in [0.25, 0.3) is 0 Å². The number of hydroxylamine groups is 1. The number of hydrogen-bond acceptors (Lipinski definition) is 8. The van der Waals surface area contributed by atoms with E-state index in [-0.39, 0.29) is 16.4 Å². The molecule has 0 aliphatic rings. The number of amides is 1. The Labute approximate surface area is 149 Å². The van der Waals surface area contributed by atoms with Crippen LogP contribution >= 0.6 is 0 Å². The van der Waals surface area contributed by atoms with Gasteiger partial charge in [-0.1, -0.05) is 31.5 Å². The number of ether oxygens (including phenoxy) is 1. The molecular formula is C15H19N3O7S. The Morgan fingerprint density at radius 1 is 1.42 bits per heavy atom. The van der Waals surface area contributed by atoms with Crippen molar-refractivity contribution < 1.29 is 32.7 Å². The average Bonchev–Trinajstić information content (AvgIpc) is 3.01. The van der Waals surface area contributed by atoms with Gasteiger partial charge in [0.15, 0.2) is 0 Å². The zero-order valence-electron chi connectivity index (χ0n) is 14.2. The van der Waals surface area contributed by atoms with Gasteiger partial charge in [0.05, 0.1) is 15.5 Å². The van der Waals surface area contributed by atoms with E-state index in [0.29, 0.717) is 12.8 Å². The van der Waals surface area contributed by atoms with Crippen LogP contribution in [0.4, 0.5) is 0 Å². The summed E-state index contributed by atoms with van der Waals surface area (Å²) < 4.78 is 35.0. The number of sulfone groups is 1. The lowest BCUT2D eigenvalue weighted by atomic mass is 9.86. The lowest BCUT2D eigenvalue weighted by molar-refractivity contribution is -0.832. The van der Waals surface area contributed by atoms with Gasteiger partial charge >= 0.3 is 10.9 Å². The summed E-state index contributed by atoms with van der Waals surface area (Å²) in [5.41, 5.74) is 0.392. The Balaban J connectivity index is 2.35. The van der Waals surface area contributed by atoms with Crippen molar-refractivity contribution in [3.8, 4) is 5.88 Å². The number of nitrogens with zero attached hydrogens (tertiary/aromatic N) is 2. The number of rotatable bonds is 8. The fourth-order valence-corrected chi connectivity index (χ4v) is 3.70. The van der Waals surface area contributed by atoms with Crippen LogP contribution in [0, 0.1) is 10.6 Å². The van der Waals surface area contributed by atoms with E-state index < -0.39 is 32.1 Å². The summed E-state index contributed by atoms with van der Waals surface area (Å²) >= 11 is 0. The highest BCUT2D eigenvalue weighted by Crippen LogP contribution is 2.29. The smallest absolute Gasteiger partial charge is 0.415 e. The minimum absolute atomic E-state index is 0.137. The van der Waals surface area contributed by atoms with E-state index in [1.54, 1.807) is 11.5 Å². The molecule has 2 N–H and O–H groups in total. The minimum Gasteiger partial charge on any atom is -0.453 e. The molecule has 1 atom stereocenters. The summed E-state index contributed by atoms with van der Waals surface area (Å²) in [5, 5.41) is 23.2. The molecule has 1 aromatic carbocycles. The standard InChI is InChI=1S/C15H19N3O7S/c1-3-9-15(2,14(19)16-20)10-24-12-13(18(21)25-17-12)26(22,23)11-7-5-4-6-8-11/h4-8,20H,3,9-10H2,1-2H3,(H,16,19). The second-order valence-electron chi connectivity index (χ2n) is 5.90. The first-order valence-electron chi connectivity index (χ1n) is 7.73. The quantitative estimate of drug-likeness (QED) is 0.386. The van der Waals surface area contributed by atoms with Crippen LogP contribution in [0.1, 0.15) is 26.7 Å². The molecule has 1 amide bonds. The number of carbonyl (C=O) groups excluding carboxylic acids is 1. The molecule has 10 nitrogen and oxygen atoms in total. The second-order valence-corrected chi connectivity index (χ2v) is 7.76. The van der Waals surface area contributed by atoms with Crippen molar-refractivity contribution in [2.45, 2.75) is 36.6 Å². The number of hydrogen-bond donors (Lipinski definition) is 2. The van der Waals surface area contributed by atoms with Crippen molar-refractivity contribution in [1.29, 1.82) is 0 Å². The van der Waals surface area contributed by atoms with E-state index in [9.17, 15) is 18.4 Å². The van der Waals surface area contributed by atoms with Gasteiger partial charge in [-0.25, -0.2) is 13.9 Å². The molecule has 2 aromatic rings. The predicted molar refractivity (Wildman–Crippen MR) is 85.8 cm³/mol. The van der Waals surface area contributed by atoms with E-state index >= 15 is 0 Å². The molecule has 0 saturated heterocycles. The molecule has 1 unspecified atom stereocenters. The number of nitrogens with one attached hydrogen (secondary N) is 1. The van der Waals surface area contributed by atoms with Gasteiger partial charge in [0, 0.05) is 0 Å². The van der Waals surface area contributed by atoms with E-state index in [0.717, 1.165) is 0 Å². The normalized spacial score (nSPS) is 13.8. The lowest BCUT2D eigenvalue weighted by Crippen LogP contribution is -2.41. The molecule has 0 aliphatic heterocycles. The summed E-state index contributed by atoms with van der Waals surface area (Å²) in [6, 6.07) is 7.25. The SMILES string of the molecule is CCCC(C)(COc1no[n+]([O-])c1S(=O)(=O)c1ccccc1)C(=O)NO. The third-order valence-electron chi connectivity index (χ3n) is 3.83. The second kappa shape index (κ2) is 7.70.